The van der Waals surface area contributed by atoms with Crippen molar-refractivity contribution in [2.24, 2.45) is 11.8 Å². The Kier molecular flexibility index (Phi) is 8.26. The van der Waals surface area contributed by atoms with E-state index in [0.29, 0.717) is 36.9 Å². The number of carbonyl (C=O) groups excluding carboxylic acids is 1. The molecule has 8 heteroatoms. The highest BCUT2D eigenvalue weighted by Crippen LogP contribution is 2.22. The second kappa shape index (κ2) is 12.0. The summed E-state index contributed by atoms with van der Waals surface area (Å²) in [5, 5.41) is 7.19. The molecule has 7 nitrogen and oxygen atoms in total. The summed E-state index contributed by atoms with van der Waals surface area (Å²) in [5.74, 6) is 1.44. The average Bonchev–Trinajstić information content (AvgIpc) is 3.36. The van der Waals surface area contributed by atoms with Gasteiger partial charge in [-0.15, -0.1) is 0 Å². The molecule has 2 aliphatic rings. The molecule has 2 aliphatic heterocycles. The van der Waals surface area contributed by atoms with Crippen LogP contribution in [0.25, 0.3) is 11.4 Å². The zero-order chi connectivity index (χ0) is 25.6. The Morgan fingerprint density at radius 1 is 1.03 bits per heavy atom. The molecule has 2 unspecified atom stereocenters. The fourth-order valence-electron chi connectivity index (χ4n) is 5.50. The minimum Gasteiger partial charge on any atom is -0.352 e. The molecular formula is C29H36FN5O2. The smallest absolute Gasteiger partial charge is 0.241 e. The van der Waals surface area contributed by atoms with Crippen molar-refractivity contribution in [1.29, 1.82) is 0 Å². The molecule has 0 saturated carbocycles. The van der Waals surface area contributed by atoms with Gasteiger partial charge in [0.2, 0.25) is 17.6 Å². The zero-order valence-electron chi connectivity index (χ0n) is 21.5. The van der Waals surface area contributed by atoms with E-state index in [-0.39, 0.29) is 17.6 Å². The monoisotopic (exact) mass is 505 g/mol. The molecule has 2 atom stereocenters. The fraction of sp³-hybridized carbons (Fsp3) is 0.483. The molecule has 1 N–H and O–H groups in total. The molecule has 5 rings (SSSR count). The van der Waals surface area contributed by atoms with E-state index < -0.39 is 0 Å². The van der Waals surface area contributed by atoms with Crippen molar-refractivity contribution in [3.05, 3.63) is 71.4 Å². The van der Waals surface area contributed by atoms with Crippen molar-refractivity contribution >= 4 is 5.91 Å². The second-order valence-corrected chi connectivity index (χ2v) is 10.6. The van der Waals surface area contributed by atoms with Crippen LogP contribution in [0.2, 0.25) is 0 Å². The number of likely N-dealkylation sites (tertiary alicyclic amines) is 2. The van der Waals surface area contributed by atoms with Crippen LogP contribution in [0.1, 0.15) is 49.6 Å². The van der Waals surface area contributed by atoms with Crippen LogP contribution in [0, 0.1) is 17.7 Å². The number of piperidine rings is 2. The van der Waals surface area contributed by atoms with Crippen LogP contribution in [0.5, 0.6) is 0 Å². The zero-order valence-corrected chi connectivity index (χ0v) is 21.5. The molecule has 0 bridgehead atoms. The van der Waals surface area contributed by atoms with Gasteiger partial charge in [-0.3, -0.25) is 14.6 Å². The summed E-state index contributed by atoms with van der Waals surface area (Å²) >= 11 is 0. The van der Waals surface area contributed by atoms with E-state index in [9.17, 15) is 9.18 Å². The van der Waals surface area contributed by atoms with Crippen molar-refractivity contribution in [2.75, 3.05) is 26.2 Å². The topological polar surface area (TPSA) is 74.5 Å². The van der Waals surface area contributed by atoms with Gasteiger partial charge in [0.15, 0.2) is 0 Å². The van der Waals surface area contributed by atoms with E-state index in [1.807, 2.05) is 0 Å². The lowest BCUT2D eigenvalue weighted by Gasteiger charge is -2.31. The maximum absolute atomic E-state index is 13.2. The lowest BCUT2D eigenvalue weighted by atomic mass is 9.97. The van der Waals surface area contributed by atoms with Gasteiger partial charge in [0.25, 0.3) is 0 Å². The summed E-state index contributed by atoms with van der Waals surface area (Å²) in [6, 6.07) is 14.6. The molecule has 0 aliphatic carbocycles. The molecule has 0 radical (unpaired) electrons. The lowest BCUT2D eigenvalue weighted by molar-refractivity contribution is -0.127. The maximum Gasteiger partial charge on any atom is 0.241 e. The van der Waals surface area contributed by atoms with Crippen molar-refractivity contribution in [3.63, 3.8) is 0 Å². The third kappa shape index (κ3) is 7.02. The first kappa shape index (κ1) is 25.5. The normalized spacial score (nSPS) is 21.1. The quantitative estimate of drug-likeness (QED) is 0.481. The second-order valence-electron chi connectivity index (χ2n) is 10.6. The third-order valence-electron chi connectivity index (χ3n) is 7.41. The van der Waals surface area contributed by atoms with Crippen LogP contribution in [0.4, 0.5) is 4.39 Å². The number of amides is 1. The number of hydrogen-bond acceptors (Lipinski definition) is 6. The predicted octanol–water partition coefficient (Wildman–Crippen LogP) is 4.64. The number of aromatic nitrogens is 2. The van der Waals surface area contributed by atoms with E-state index in [4.69, 9.17) is 4.52 Å². The van der Waals surface area contributed by atoms with Crippen molar-refractivity contribution < 1.29 is 13.7 Å². The van der Waals surface area contributed by atoms with Crippen LogP contribution in [-0.4, -0.2) is 52.0 Å². The van der Waals surface area contributed by atoms with Crippen LogP contribution >= 0.6 is 0 Å². The van der Waals surface area contributed by atoms with Crippen molar-refractivity contribution in [2.45, 2.75) is 52.2 Å². The maximum atomic E-state index is 13.2. The highest BCUT2D eigenvalue weighted by molar-refractivity contribution is 5.79. The number of rotatable bonds is 8. The number of nitrogens with zero attached hydrogens (tertiary/aromatic N) is 4. The Balaban J connectivity index is 1.11. The summed E-state index contributed by atoms with van der Waals surface area (Å²) in [7, 11) is 0. The predicted molar refractivity (Wildman–Crippen MR) is 140 cm³/mol. The van der Waals surface area contributed by atoms with Gasteiger partial charge in [-0.05, 0) is 80.1 Å². The third-order valence-corrected chi connectivity index (χ3v) is 7.41. The Labute approximate surface area is 218 Å². The first-order valence-corrected chi connectivity index (χ1v) is 13.4. The molecule has 1 amide bonds. The van der Waals surface area contributed by atoms with E-state index in [1.165, 1.54) is 37.1 Å². The SMILES string of the molecule is CC1CCCN(Cc2cccc(CNC(=O)C3CCCN(Cc4nc(-c5ccc(F)cc5)no4)C3)c2)C1. The summed E-state index contributed by atoms with van der Waals surface area (Å²) in [6.07, 6.45) is 4.42. The van der Waals surface area contributed by atoms with Gasteiger partial charge in [-0.1, -0.05) is 36.3 Å². The molecule has 37 heavy (non-hydrogen) atoms. The number of halogens is 1. The summed E-state index contributed by atoms with van der Waals surface area (Å²) in [4.78, 5) is 22.2. The van der Waals surface area contributed by atoms with Gasteiger partial charge in [-0.25, -0.2) is 4.39 Å². The molecular weight excluding hydrogens is 469 g/mol. The minimum absolute atomic E-state index is 0.0636. The van der Waals surface area contributed by atoms with E-state index in [2.05, 4.69) is 56.4 Å². The van der Waals surface area contributed by atoms with E-state index in [0.717, 1.165) is 44.0 Å². The van der Waals surface area contributed by atoms with Gasteiger partial charge in [-0.2, -0.15) is 4.98 Å². The summed E-state index contributed by atoms with van der Waals surface area (Å²) < 4.78 is 18.6. The first-order valence-electron chi connectivity index (χ1n) is 13.4. The van der Waals surface area contributed by atoms with Crippen molar-refractivity contribution in [3.8, 4) is 11.4 Å². The molecule has 0 spiro atoms. The highest BCUT2D eigenvalue weighted by Gasteiger charge is 2.27. The van der Waals surface area contributed by atoms with Gasteiger partial charge in [0, 0.05) is 31.7 Å². The standard InChI is InChI=1S/C29H36FN5O2/c1-21-5-3-13-34(17-21)18-23-7-2-6-22(15-23)16-31-29(36)25-8-4-14-35(19-25)20-27-32-28(33-37-27)24-9-11-26(30)12-10-24/h2,6-7,9-12,15,21,25H,3-5,8,13-14,16-20H2,1H3,(H,31,36). The molecule has 3 aromatic rings. The Morgan fingerprint density at radius 3 is 2.59 bits per heavy atom. The molecule has 1 aromatic heterocycles. The van der Waals surface area contributed by atoms with Crippen LogP contribution in [-0.2, 0) is 24.4 Å². The molecule has 3 heterocycles. The average molecular weight is 506 g/mol. The minimum atomic E-state index is -0.301. The van der Waals surface area contributed by atoms with E-state index >= 15 is 0 Å². The largest absolute Gasteiger partial charge is 0.352 e. The number of benzene rings is 2. The summed E-state index contributed by atoms with van der Waals surface area (Å²) in [5.41, 5.74) is 3.16. The first-order chi connectivity index (χ1) is 18.0. The van der Waals surface area contributed by atoms with Crippen LogP contribution in [0.3, 0.4) is 0 Å². The molecule has 2 fully saturated rings. The molecule has 2 aromatic carbocycles. The lowest BCUT2D eigenvalue weighted by Crippen LogP contribution is -2.42. The van der Waals surface area contributed by atoms with Gasteiger partial charge in [0.1, 0.15) is 5.82 Å². The van der Waals surface area contributed by atoms with Crippen LogP contribution in [0.15, 0.2) is 53.1 Å². The Bertz CT molecular complexity index is 1180. The summed E-state index contributed by atoms with van der Waals surface area (Å²) in [6.45, 7) is 8.22. The number of carbonyl (C=O) groups is 1. The fourth-order valence-corrected chi connectivity index (χ4v) is 5.50. The van der Waals surface area contributed by atoms with Gasteiger partial charge >= 0.3 is 0 Å². The number of nitrogens with one attached hydrogen (secondary N) is 1. The van der Waals surface area contributed by atoms with E-state index in [1.54, 1.807) is 12.1 Å². The Morgan fingerprint density at radius 2 is 1.78 bits per heavy atom. The van der Waals surface area contributed by atoms with Gasteiger partial charge in [0.05, 0.1) is 12.5 Å². The molecule has 196 valence electrons. The number of hydrogen-bond donors (Lipinski definition) is 1. The highest BCUT2D eigenvalue weighted by atomic mass is 19.1. The Hall–Kier alpha value is -3.10. The van der Waals surface area contributed by atoms with Crippen LogP contribution < -0.4 is 5.32 Å². The van der Waals surface area contributed by atoms with Gasteiger partial charge < -0.3 is 9.84 Å². The molecule has 2 saturated heterocycles. The van der Waals surface area contributed by atoms with Crippen molar-refractivity contribution in [1.82, 2.24) is 25.3 Å².